The summed E-state index contributed by atoms with van der Waals surface area (Å²) in [6.45, 7) is 3.64. The number of rotatable bonds is 6. The van der Waals surface area contributed by atoms with Gasteiger partial charge in [0.15, 0.2) is 0 Å². The maximum absolute atomic E-state index is 6.25. The molecule has 1 aromatic carbocycles. The van der Waals surface area contributed by atoms with Crippen LogP contribution in [0.4, 0.5) is 5.69 Å². The first-order chi connectivity index (χ1) is 8.06. The Balaban J connectivity index is 2.70. The summed E-state index contributed by atoms with van der Waals surface area (Å²) in [5.74, 6) is 0. The van der Waals surface area contributed by atoms with Gasteiger partial charge in [-0.3, -0.25) is 0 Å². The van der Waals surface area contributed by atoms with Crippen LogP contribution in [0.3, 0.4) is 0 Å². The van der Waals surface area contributed by atoms with Crippen LogP contribution in [-0.4, -0.2) is 27.3 Å². The van der Waals surface area contributed by atoms with Crippen molar-refractivity contribution in [1.82, 2.24) is 0 Å². The maximum Gasteiger partial charge on any atom is 0.0642 e. The van der Waals surface area contributed by atoms with Crippen molar-refractivity contribution < 1.29 is 4.74 Å². The molecule has 2 N–H and O–H groups in total. The third kappa shape index (κ3) is 4.19. The average Bonchev–Trinajstić information content (AvgIpc) is 2.28. The van der Waals surface area contributed by atoms with Gasteiger partial charge in [-0.05, 0) is 31.0 Å². The van der Waals surface area contributed by atoms with E-state index in [9.17, 15) is 0 Å². The van der Waals surface area contributed by atoms with Crippen molar-refractivity contribution in [2.24, 2.45) is 5.73 Å². The third-order valence-corrected chi connectivity index (χ3v) is 3.05. The van der Waals surface area contributed by atoms with Crippen LogP contribution in [0.1, 0.15) is 24.9 Å². The summed E-state index contributed by atoms with van der Waals surface area (Å²) in [5, 5.41) is 0.750. The Morgan fingerprint density at radius 1 is 1.47 bits per heavy atom. The monoisotopic (exact) mass is 256 g/mol. The van der Waals surface area contributed by atoms with Crippen molar-refractivity contribution in [3.05, 3.63) is 28.8 Å². The highest BCUT2D eigenvalue weighted by molar-refractivity contribution is 6.33. The Bertz CT molecular complexity index is 355. The molecule has 1 aromatic rings. The van der Waals surface area contributed by atoms with Crippen LogP contribution in [0.2, 0.25) is 5.02 Å². The van der Waals surface area contributed by atoms with Gasteiger partial charge in [-0.2, -0.15) is 0 Å². The predicted molar refractivity (Wildman–Crippen MR) is 73.8 cm³/mol. The molecule has 0 aromatic heterocycles. The van der Waals surface area contributed by atoms with E-state index in [1.807, 2.05) is 32.2 Å². The summed E-state index contributed by atoms with van der Waals surface area (Å²) >= 11 is 6.25. The van der Waals surface area contributed by atoms with Crippen LogP contribution in [0.5, 0.6) is 0 Å². The van der Waals surface area contributed by atoms with Crippen LogP contribution in [0.25, 0.3) is 0 Å². The normalized spacial score (nSPS) is 12.5. The second-order valence-corrected chi connectivity index (χ2v) is 4.67. The Kier molecular flexibility index (Phi) is 5.75. The minimum absolute atomic E-state index is 0.0142. The fourth-order valence-electron chi connectivity index (χ4n) is 1.68. The Morgan fingerprint density at radius 2 is 2.18 bits per heavy atom. The SMILES string of the molecule is COCCCN(C)c1ccc([C@H](C)N)cc1Cl. The highest BCUT2D eigenvalue weighted by atomic mass is 35.5. The summed E-state index contributed by atoms with van der Waals surface area (Å²) in [6.07, 6.45) is 0.984. The Hall–Kier alpha value is -0.770. The number of hydrogen-bond donors (Lipinski definition) is 1. The van der Waals surface area contributed by atoms with E-state index in [-0.39, 0.29) is 6.04 Å². The smallest absolute Gasteiger partial charge is 0.0642 e. The quantitative estimate of drug-likeness (QED) is 0.796. The number of anilines is 1. The van der Waals surface area contributed by atoms with E-state index in [0.717, 1.165) is 35.8 Å². The summed E-state index contributed by atoms with van der Waals surface area (Å²) < 4.78 is 5.03. The number of halogens is 1. The molecule has 0 saturated carbocycles. The minimum Gasteiger partial charge on any atom is -0.385 e. The van der Waals surface area contributed by atoms with Gasteiger partial charge in [0, 0.05) is 33.4 Å². The lowest BCUT2D eigenvalue weighted by atomic mass is 10.1. The van der Waals surface area contributed by atoms with E-state index in [4.69, 9.17) is 22.1 Å². The van der Waals surface area contributed by atoms with Gasteiger partial charge in [0.2, 0.25) is 0 Å². The predicted octanol–water partition coefficient (Wildman–Crippen LogP) is 2.83. The Morgan fingerprint density at radius 3 is 2.71 bits per heavy atom. The molecule has 1 rings (SSSR count). The van der Waals surface area contributed by atoms with Crippen molar-refractivity contribution in [2.75, 3.05) is 32.2 Å². The zero-order valence-corrected chi connectivity index (χ0v) is 11.5. The van der Waals surface area contributed by atoms with E-state index in [1.165, 1.54) is 0 Å². The molecule has 0 radical (unpaired) electrons. The molecule has 4 heteroatoms. The summed E-state index contributed by atoms with van der Waals surface area (Å²) in [7, 11) is 3.74. The molecule has 3 nitrogen and oxygen atoms in total. The molecule has 0 bridgehead atoms. The molecule has 0 saturated heterocycles. The average molecular weight is 257 g/mol. The van der Waals surface area contributed by atoms with Crippen LogP contribution in [-0.2, 0) is 4.74 Å². The molecule has 0 amide bonds. The molecular formula is C13H21ClN2O. The summed E-state index contributed by atoms with van der Waals surface area (Å²) in [4.78, 5) is 2.13. The summed E-state index contributed by atoms with van der Waals surface area (Å²) in [6, 6.07) is 6.00. The molecule has 0 aliphatic carbocycles. The molecule has 0 heterocycles. The first-order valence-corrected chi connectivity index (χ1v) is 6.19. The molecule has 17 heavy (non-hydrogen) atoms. The van der Waals surface area contributed by atoms with Gasteiger partial charge in [0.05, 0.1) is 10.7 Å². The highest BCUT2D eigenvalue weighted by Gasteiger charge is 2.08. The maximum atomic E-state index is 6.25. The van der Waals surface area contributed by atoms with Gasteiger partial charge >= 0.3 is 0 Å². The van der Waals surface area contributed by atoms with E-state index in [1.54, 1.807) is 7.11 Å². The fraction of sp³-hybridized carbons (Fsp3) is 0.538. The molecule has 96 valence electrons. The van der Waals surface area contributed by atoms with Gasteiger partial charge in [-0.15, -0.1) is 0 Å². The second kappa shape index (κ2) is 6.84. The first-order valence-electron chi connectivity index (χ1n) is 5.81. The van der Waals surface area contributed by atoms with Gasteiger partial charge < -0.3 is 15.4 Å². The molecule has 1 atom stereocenters. The van der Waals surface area contributed by atoms with Crippen LogP contribution in [0.15, 0.2) is 18.2 Å². The second-order valence-electron chi connectivity index (χ2n) is 4.27. The minimum atomic E-state index is 0.0142. The van der Waals surface area contributed by atoms with Gasteiger partial charge in [-0.1, -0.05) is 17.7 Å². The van der Waals surface area contributed by atoms with Crippen molar-refractivity contribution in [3.8, 4) is 0 Å². The van der Waals surface area contributed by atoms with Crippen molar-refractivity contribution in [1.29, 1.82) is 0 Å². The molecule has 0 aliphatic rings. The number of hydrogen-bond acceptors (Lipinski definition) is 3. The van der Waals surface area contributed by atoms with Gasteiger partial charge in [0.1, 0.15) is 0 Å². The number of benzene rings is 1. The van der Waals surface area contributed by atoms with E-state index < -0.39 is 0 Å². The van der Waals surface area contributed by atoms with Gasteiger partial charge in [-0.25, -0.2) is 0 Å². The first kappa shape index (κ1) is 14.3. The molecule has 0 fully saturated rings. The lowest BCUT2D eigenvalue weighted by Gasteiger charge is -2.21. The molecule has 0 unspecified atom stereocenters. The largest absolute Gasteiger partial charge is 0.385 e. The number of nitrogens with zero attached hydrogens (tertiary/aromatic N) is 1. The van der Waals surface area contributed by atoms with Crippen molar-refractivity contribution in [3.63, 3.8) is 0 Å². The van der Waals surface area contributed by atoms with E-state index in [0.29, 0.717) is 0 Å². The van der Waals surface area contributed by atoms with Crippen molar-refractivity contribution in [2.45, 2.75) is 19.4 Å². The van der Waals surface area contributed by atoms with Crippen LogP contribution < -0.4 is 10.6 Å². The van der Waals surface area contributed by atoms with Crippen molar-refractivity contribution >= 4 is 17.3 Å². The molecular weight excluding hydrogens is 236 g/mol. The van der Waals surface area contributed by atoms with E-state index in [2.05, 4.69) is 4.90 Å². The zero-order chi connectivity index (χ0) is 12.8. The lowest BCUT2D eigenvalue weighted by Crippen LogP contribution is -2.20. The number of methoxy groups -OCH3 is 1. The van der Waals surface area contributed by atoms with Gasteiger partial charge in [0.25, 0.3) is 0 Å². The number of nitrogens with two attached hydrogens (primary N) is 1. The van der Waals surface area contributed by atoms with Crippen LogP contribution >= 0.6 is 11.6 Å². The number of ether oxygens (including phenoxy) is 1. The topological polar surface area (TPSA) is 38.5 Å². The summed E-state index contributed by atoms with van der Waals surface area (Å²) in [5.41, 5.74) is 7.91. The van der Waals surface area contributed by atoms with Crippen LogP contribution in [0, 0.1) is 0 Å². The lowest BCUT2D eigenvalue weighted by molar-refractivity contribution is 0.196. The zero-order valence-electron chi connectivity index (χ0n) is 10.7. The molecule has 0 aliphatic heterocycles. The Labute approximate surface area is 109 Å². The standard InChI is InChI=1S/C13H21ClN2O/c1-10(15)11-5-6-13(12(14)9-11)16(2)7-4-8-17-3/h5-6,9-10H,4,7-8,15H2,1-3H3/t10-/m0/s1. The van der Waals surface area contributed by atoms with E-state index >= 15 is 0 Å². The molecule has 0 spiro atoms. The fourth-order valence-corrected chi connectivity index (χ4v) is 2.02. The highest BCUT2D eigenvalue weighted by Crippen LogP contribution is 2.27. The third-order valence-electron chi connectivity index (χ3n) is 2.75.